The van der Waals surface area contributed by atoms with Gasteiger partial charge in [0.25, 0.3) is 17.8 Å². The monoisotopic (exact) mass is 405 g/mol. The molecule has 3 heterocycles. The third-order valence-corrected chi connectivity index (χ3v) is 4.62. The molecule has 152 valence electrons. The first kappa shape index (κ1) is 19.4. The average Bonchev–Trinajstić information content (AvgIpc) is 3.24. The van der Waals surface area contributed by atoms with Gasteiger partial charge in [0.15, 0.2) is 0 Å². The number of aryl methyl sites for hydroxylation is 2. The van der Waals surface area contributed by atoms with E-state index in [0.717, 1.165) is 11.4 Å². The molecule has 0 atom stereocenters. The highest BCUT2D eigenvalue weighted by Gasteiger charge is 2.39. The van der Waals surface area contributed by atoms with Crippen molar-refractivity contribution in [2.75, 3.05) is 0 Å². The molecule has 0 unspecified atom stereocenters. The normalized spacial score (nSPS) is 13.2. The molecule has 9 nitrogen and oxygen atoms in total. The molecule has 0 fully saturated rings. The predicted molar refractivity (Wildman–Crippen MR) is 105 cm³/mol. The summed E-state index contributed by atoms with van der Waals surface area (Å²) in [6, 6.07) is 8.13. The van der Waals surface area contributed by atoms with E-state index in [9.17, 15) is 14.4 Å². The van der Waals surface area contributed by atoms with Gasteiger partial charge in [0.05, 0.1) is 16.8 Å². The van der Waals surface area contributed by atoms with Crippen molar-refractivity contribution in [1.82, 2.24) is 24.8 Å². The summed E-state index contributed by atoms with van der Waals surface area (Å²) in [6.45, 7) is 7.41. The second-order valence-corrected chi connectivity index (χ2v) is 7.31. The lowest BCUT2D eigenvalue weighted by Gasteiger charge is -2.13. The van der Waals surface area contributed by atoms with Crippen LogP contribution in [-0.4, -0.2) is 42.6 Å². The van der Waals surface area contributed by atoms with Gasteiger partial charge in [-0.05, 0) is 38.0 Å². The van der Waals surface area contributed by atoms with E-state index in [0.29, 0.717) is 16.7 Å². The minimum atomic E-state index is -0.858. The fourth-order valence-corrected chi connectivity index (χ4v) is 3.27. The number of amides is 2. The van der Waals surface area contributed by atoms with Crippen molar-refractivity contribution >= 4 is 17.8 Å². The first-order valence-corrected chi connectivity index (χ1v) is 9.38. The predicted octanol–water partition coefficient (Wildman–Crippen LogP) is 2.77. The number of aromatic nitrogens is 4. The van der Waals surface area contributed by atoms with Crippen molar-refractivity contribution in [1.29, 1.82) is 0 Å². The van der Waals surface area contributed by atoms with Crippen molar-refractivity contribution < 1.29 is 19.2 Å². The summed E-state index contributed by atoms with van der Waals surface area (Å²) in [6.07, 6.45) is 1.45. The first-order valence-electron chi connectivity index (χ1n) is 9.38. The second-order valence-electron chi connectivity index (χ2n) is 7.31. The van der Waals surface area contributed by atoms with E-state index < -0.39 is 17.8 Å². The van der Waals surface area contributed by atoms with E-state index in [1.807, 2.05) is 33.8 Å². The second kappa shape index (κ2) is 7.18. The topological polar surface area (TPSA) is 107 Å². The molecular formula is C21H19N5O4. The molecule has 2 aromatic heterocycles. The molecule has 9 heteroatoms. The summed E-state index contributed by atoms with van der Waals surface area (Å²) in [4.78, 5) is 51.7. The Morgan fingerprint density at radius 3 is 2.10 bits per heavy atom. The molecule has 0 aliphatic carbocycles. The molecule has 3 aromatic rings. The van der Waals surface area contributed by atoms with E-state index in [1.54, 1.807) is 12.1 Å². The van der Waals surface area contributed by atoms with Crippen LogP contribution in [0.1, 0.15) is 67.9 Å². The number of hydrogen-bond acceptors (Lipinski definition) is 7. The highest BCUT2D eigenvalue weighted by atomic mass is 16.7. The highest BCUT2D eigenvalue weighted by Crippen LogP contribution is 2.25. The van der Waals surface area contributed by atoms with E-state index in [2.05, 4.69) is 15.1 Å². The lowest BCUT2D eigenvalue weighted by atomic mass is 10.1. The molecule has 1 aromatic carbocycles. The number of hydrogen-bond donors (Lipinski definition) is 0. The molecular weight excluding hydrogens is 386 g/mol. The summed E-state index contributed by atoms with van der Waals surface area (Å²) in [5.41, 5.74) is 2.48. The van der Waals surface area contributed by atoms with Gasteiger partial charge in [-0.3, -0.25) is 9.59 Å². The molecule has 1 aliphatic heterocycles. The summed E-state index contributed by atoms with van der Waals surface area (Å²) in [5, 5.41) is 4.93. The lowest BCUT2D eigenvalue weighted by molar-refractivity contribution is -0.0585. The van der Waals surface area contributed by atoms with Crippen molar-refractivity contribution in [3.8, 4) is 5.95 Å². The van der Waals surface area contributed by atoms with Crippen LogP contribution >= 0.6 is 0 Å². The summed E-state index contributed by atoms with van der Waals surface area (Å²) >= 11 is 0. The number of imide groups is 1. The summed E-state index contributed by atoms with van der Waals surface area (Å²) in [5.74, 6) is -2.03. The van der Waals surface area contributed by atoms with Crippen LogP contribution in [0.4, 0.5) is 0 Å². The van der Waals surface area contributed by atoms with Crippen LogP contribution in [0.5, 0.6) is 0 Å². The van der Waals surface area contributed by atoms with Gasteiger partial charge >= 0.3 is 5.97 Å². The Morgan fingerprint density at radius 2 is 1.57 bits per heavy atom. The van der Waals surface area contributed by atoms with Crippen molar-refractivity contribution in [3.05, 3.63) is 70.3 Å². The fraction of sp³-hybridized carbons (Fsp3) is 0.238. The first-order chi connectivity index (χ1) is 14.3. The number of carbonyl (C=O) groups is 3. The highest BCUT2D eigenvalue weighted by molar-refractivity contribution is 6.21. The number of hydroxylamine groups is 2. The molecule has 0 spiro atoms. The van der Waals surface area contributed by atoms with E-state index >= 15 is 0 Å². The third kappa shape index (κ3) is 3.24. The van der Waals surface area contributed by atoms with Crippen LogP contribution in [0.3, 0.4) is 0 Å². The molecule has 0 saturated heterocycles. The van der Waals surface area contributed by atoms with E-state index in [-0.39, 0.29) is 22.6 Å². The average molecular weight is 405 g/mol. The molecule has 4 rings (SSSR count). The Kier molecular flexibility index (Phi) is 4.65. The zero-order valence-corrected chi connectivity index (χ0v) is 16.9. The largest absolute Gasteiger partial charge is 0.367 e. The minimum absolute atomic E-state index is 0.123. The standard InChI is InChI=1S/C21H19N5O4/c1-11(2)17-16(10-25(24-17)21-22-12(3)9-13(4)23-21)20(29)30-26-18(27)14-7-5-6-8-15(14)19(26)28/h5-11H,1-4H3. The van der Waals surface area contributed by atoms with Gasteiger partial charge in [-0.15, -0.1) is 0 Å². The molecule has 0 saturated carbocycles. The van der Waals surface area contributed by atoms with Gasteiger partial charge in [-0.2, -0.15) is 5.10 Å². The smallest absolute Gasteiger partial charge is 0.324 e. The van der Waals surface area contributed by atoms with Crippen LogP contribution in [0.15, 0.2) is 36.5 Å². The van der Waals surface area contributed by atoms with Crippen molar-refractivity contribution in [3.63, 3.8) is 0 Å². The maximum atomic E-state index is 12.9. The Balaban J connectivity index is 1.67. The Labute approximate surface area is 172 Å². The van der Waals surface area contributed by atoms with Crippen LogP contribution < -0.4 is 0 Å². The third-order valence-electron chi connectivity index (χ3n) is 4.62. The quantitative estimate of drug-likeness (QED) is 0.614. The minimum Gasteiger partial charge on any atom is -0.324 e. The number of rotatable bonds is 4. The Bertz CT molecular complexity index is 1140. The van der Waals surface area contributed by atoms with Crippen molar-refractivity contribution in [2.45, 2.75) is 33.6 Å². The number of carbonyl (C=O) groups excluding carboxylic acids is 3. The van der Waals surface area contributed by atoms with E-state index in [4.69, 9.17) is 4.84 Å². The summed E-state index contributed by atoms with van der Waals surface area (Å²) in [7, 11) is 0. The molecule has 30 heavy (non-hydrogen) atoms. The number of nitrogens with zero attached hydrogens (tertiary/aromatic N) is 5. The maximum absolute atomic E-state index is 12.9. The Hall–Kier alpha value is -3.88. The summed E-state index contributed by atoms with van der Waals surface area (Å²) < 4.78 is 1.40. The molecule has 0 N–H and O–H groups in total. The van der Waals surface area contributed by atoms with Gasteiger partial charge in [0.2, 0.25) is 0 Å². The zero-order valence-electron chi connectivity index (χ0n) is 16.9. The molecule has 0 radical (unpaired) electrons. The van der Waals surface area contributed by atoms with Crippen LogP contribution in [0, 0.1) is 13.8 Å². The fourth-order valence-electron chi connectivity index (χ4n) is 3.27. The van der Waals surface area contributed by atoms with Gasteiger partial charge in [0.1, 0.15) is 5.56 Å². The molecule has 2 amide bonds. The lowest BCUT2D eigenvalue weighted by Crippen LogP contribution is -2.32. The van der Waals surface area contributed by atoms with E-state index in [1.165, 1.54) is 23.0 Å². The van der Waals surface area contributed by atoms with Gasteiger partial charge in [-0.1, -0.05) is 31.0 Å². The SMILES string of the molecule is Cc1cc(C)nc(-n2cc(C(=O)ON3C(=O)c4ccccc4C3=O)c(C(C)C)n2)n1. The van der Waals surface area contributed by atoms with Crippen LogP contribution in [0.2, 0.25) is 0 Å². The number of benzene rings is 1. The van der Waals surface area contributed by atoms with Crippen molar-refractivity contribution in [2.24, 2.45) is 0 Å². The van der Waals surface area contributed by atoms with Crippen LogP contribution in [-0.2, 0) is 4.84 Å². The van der Waals surface area contributed by atoms with Gasteiger partial charge in [-0.25, -0.2) is 19.4 Å². The molecule has 0 bridgehead atoms. The Morgan fingerprint density at radius 1 is 1.00 bits per heavy atom. The molecule has 1 aliphatic rings. The van der Waals surface area contributed by atoms with Gasteiger partial charge < -0.3 is 4.84 Å². The van der Waals surface area contributed by atoms with Gasteiger partial charge in [0, 0.05) is 17.6 Å². The van der Waals surface area contributed by atoms with Crippen LogP contribution in [0.25, 0.3) is 5.95 Å². The maximum Gasteiger partial charge on any atom is 0.367 e. The number of fused-ring (bicyclic) bond motifs is 1. The zero-order chi connectivity index (χ0) is 21.6.